The minimum Gasteiger partial charge on any atom is -0.363 e. The summed E-state index contributed by atoms with van der Waals surface area (Å²) >= 11 is 0. The predicted molar refractivity (Wildman–Crippen MR) is 95.0 cm³/mol. The van der Waals surface area contributed by atoms with Crippen molar-refractivity contribution >= 4 is 35.8 Å². The van der Waals surface area contributed by atoms with Gasteiger partial charge >= 0.3 is 0 Å². The molecule has 0 bridgehead atoms. The van der Waals surface area contributed by atoms with Crippen molar-refractivity contribution in [3.8, 4) is 0 Å². The molecule has 1 aromatic rings. The summed E-state index contributed by atoms with van der Waals surface area (Å²) in [5.74, 6) is 1.88. The van der Waals surface area contributed by atoms with Gasteiger partial charge in [-0.25, -0.2) is 9.98 Å². The minimum absolute atomic E-state index is 0. The highest BCUT2D eigenvalue weighted by Crippen LogP contribution is 2.18. The van der Waals surface area contributed by atoms with E-state index in [2.05, 4.69) is 33.6 Å². The molecule has 0 spiro atoms. The van der Waals surface area contributed by atoms with Crippen LogP contribution in [-0.4, -0.2) is 37.6 Å². The summed E-state index contributed by atoms with van der Waals surface area (Å²) in [6.07, 6.45) is 4.34. The fourth-order valence-electron chi connectivity index (χ4n) is 1.71. The Kier molecular flexibility index (Phi) is 7.04. The molecule has 0 radical (unpaired) electrons. The van der Waals surface area contributed by atoms with Crippen LogP contribution < -0.4 is 15.5 Å². The molecule has 0 aromatic carbocycles. The van der Waals surface area contributed by atoms with Gasteiger partial charge < -0.3 is 15.5 Å². The fourth-order valence-corrected chi connectivity index (χ4v) is 1.71. The maximum atomic E-state index is 4.61. The summed E-state index contributed by atoms with van der Waals surface area (Å²) in [6.45, 7) is 3.64. The van der Waals surface area contributed by atoms with E-state index in [-0.39, 0.29) is 24.0 Å². The molecule has 0 saturated heterocycles. The number of rotatable bonds is 5. The van der Waals surface area contributed by atoms with Crippen LogP contribution >= 0.6 is 24.0 Å². The summed E-state index contributed by atoms with van der Waals surface area (Å²) in [4.78, 5) is 10.9. The second kappa shape index (κ2) is 8.28. The van der Waals surface area contributed by atoms with E-state index in [1.165, 1.54) is 18.4 Å². The third kappa shape index (κ3) is 5.52. The number of guanidine groups is 1. The predicted octanol–water partition coefficient (Wildman–Crippen LogP) is 1.98. The number of pyridine rings is 1. The first-order chi connectivity index (χ1) is 9.19. The molecule has 2 rings (SSSR count). The van der Waals surface area contributed by atoms with E-state index in [1.54, 1.807) is 0 Å². The average molecular weight is 389 g/mol. The van der Waals surface area contributed by atoms with Gasteiger partial charge in [0, 0.05) is 32.9 Å². The summed E-state index contributed by atoms with van der Waals surface area (Å²) in [5, 5.41) is 6.69. The van der Waals surface area contributed by atoms with Crippen molar-refractivity contribution in [1.82, 2.24) is 15.6 Å². The van der Waals surface area contributed by atoms with Crippen molar-refractivity contribution in [3.63, 3.8) is 0 Å². The Morgan fingerprint density at radius 1 is 1.45 bits per heavy atom. The fraction of sp³-hybridized carbons (Fsp3) is 0.571. The summed E-state index contributed by atoms with van der Waals surface area (Å²) in [5.41, 5.74) is 1.17. The lowest BCUT2D eigenvalue weighted by Crippen LogP contribution is -2.38. The van der Waals surface area contributed by atoms with Crippen molar-refractivity contribution in [2.24, 2.45) is 4.99 Å². The first-order valence-corrected chi connectivity index (χ1v) is 6.86. The zero-order valence-corrected chi connectivity index (χ0v) is 14.7. The van der Waals surface area contributed by atoms with Crippen LogP contribution in [-0.2, 0) is 6.54 Å². The van der Waals surface area contributed by atoms with Gasteiger partial charge in [0.2, 0.25) is 0 Å². The molecule has 112 valence electrons. The van der Waals surface area contributed by atoms with E-state index < -0.39 is 0 Å². The second-order valence-electron chi connectivity index (χ2n) is 5.03. The SMILES string of the molecule is CCNC(=NCc1ccnc(N(C)C)c1)NC1CC1.I. The van der Waals surface area contributed by atoms with Crippen LogP contribution in [0, 0.1) is 0 Å². The maximum Gasteiger partial charge on any atom is 0.191 e. The number of nitrogens with one attached hydrogen (secondary N) is 2. The lowest BCUT2D eigenvalue weighted by atomic mass is 10.2. The Hall–Kier alpha value is -1.05. The maximum absolute atomic E-state index is 4.61. The van der Waals surface area contributed by atoms with E-state index in [0.717, 1.165) is 18.3 Å². The van der Waals surface area contributed by atoms with Crippen molar-refractivity contribution in [1.29, 1.82) is 0 Å². The summed E-state index contributed by atoms with van der Waals surface area (Å²) < 4.78 is 0. The third-order valence-corrected chi connectivity index (χ3v) is 2.95. The molecule has 0 unspecified atom stereocenters. The standard InChI is InChI=1S/C14H23N5.HI/c1-4-15-14(18-12-5-6-12)17-10-11-7-8-16-13(9-11)19(2)3;/h7-9,12H,4-6,10H2,1-3H3,(H2,15,17,18);1H. The Labute approximate surface area is 138 Å². The van der Waals surface area contributed by atoms with Crippen molar-refractivity contribution in [2.45, 2.75) is 32.4 Å². The Balaban J connectivity index is 0.00000200. The molecule has 6 heteroatoms. The molecular formula is C14H24IN5. The zero-order valence-electron chi connectivity index (χ0n) is 12.4. The highest BCUT2D eigenvalue weighted by molar-refractivity contribution is 14.0. The minimum atomic E-state index is 0. The van der Waals surface area contributed by atoms with Gasteiger partial charge in [-0.1, -0.05) is 0 Å². The molecule has 5 nitrogen and oxygen atoms in total. The molecule has 1 aromatic heterocycles. The smallest absolute Gasteiger partial charge is 0.191 e. The van der Waals surface area contributed by atoms with Gasteiger partial charge in [-0.3, -0.25) is 0 Å². The topological polar surface area (TPSA) is 52.6 Å². The summed E-state index contributed by atoms with van der Waals surface area (Å²) in [7, 11) is 3.99. The van der Waals surface area contributed by atoms with Crippen LogP contribution in [0.4, 0.5) is 5.82 Å². The molecule has 1 saturated carbocycles. The van der Waals surface area contributed by atoms with Crippen LogP contribution in [0.15, 0.2) is 23.3 Å². The molecule has 20 heavy (non-hydrogen) atoms. The molecule has 1 heterocycles. The normalized spacial score (nSPS) is 14.4. The monoisotopic (exact) mass is 389 g/mol. The quantitative estimate of drug-likeness (QED) is 0.460. The number of hydrogen-bond acceptors (Lipinski definition) is 3. The highest BCUT2D eigenvalue weighted by atomic mass is 127. The second-order valence-corrected chi connectivity index (χ2v) is 5.03. The van der Waals surface area contributed by atoms with Gasteiger partial charge in [0.05, 0.1) is 6.54 Å². The van der Waals surface area contributed by atoms with Crippen LogP contribution in [0.5, 0.6) is 0 Å². The number of aliphatic imine (C=N–C) groups is 1. The van der Waals surface area contributed by atoms with Gasteiger partial charge in [0.25, 0.3) is 0 Å². The first-order valence-electron chi connectivity index (χ1n) is 6.86. The molecule has 0 aliphatic heterocycles. The Morgan fingerprint density at radius 3 is 2.80 bits per heavy atom. The lowest BCUT2D eigenvalue weighted by molar-refractivity contribution is 0.812. The van der Waals surface area contributed by atoms with Crippen molar-refractivity contribution in [2.75, 3.05) is 25.5 Å². The Bertz CT molecular complexity index is 443. The summed E-state index contributed by atoms with van der Waals surface area (Å²) in [6, 6.07) is 4.70. The zero-order chi connectivity index (χ0) is 13.7. The first kappa shape index (κ1) is 17.0. The van der Waals surface area contributed by atoms with E-state index in [0.29, 0.717) is 12.6 Å². The van der Waals surface area contributed by atoms with Gasteiger partial charge in [0.1, 0.15) is 5.82 Å². The van der Waals surface area contributed by atoms with Crippen molar-refractivity contribution < 1.29 is 0 Å². The van der Waals surface area contributed by atoms with Crippen LogP contribution in [0.1, 0.15) is 25.3 Å². The van der Waals surface area contributed by atoms with Gasteiger partial charge in [-0.05, 0) is 37.5 Å². The van der Waals surface area contributed by atoms with Crippen LogP contribution in [0.2, 0.25) is 0 Å². The molecule has 1 aliphatic carbocycles. The molecule has 2 N–H and O–H groups in total. The van der Waals surface area contributed by atoms with Crippen molar-refractivity contribution in [3.05, 3.63) is 23.9 Å². The van der Waals surface area contributed by atoms with Crippen LogP contribution in [0.25, 0.3) is 0 Å². The highest BCUT2D eigenvalue weighted by Gasteiger charge is 2.21. The molecular weight excluding hydrogens is 365 g/mol. The lowest BCUT2D eigenvalue weighted by Gasteiger charge is -2.12. The number of nitrogens with zero attached hydrogens (tertiary/aromatic N) is 3. The molecule has 1 aliphatic rings. The Morgan fingerprint density at radius 2 is 2.20 bits per heavy atom. The number of halogens is 1. The third-order valence-electron chi connectivity index (χ3n) is 2.95. The van der Waals surface area contributed by atoms with Gasteiger partial charge in [-0.2, -0.15) is 0 Å². The number of anilines is 1. The van der Waals surface area contributed by atoms with E-state index in [4.69, 9.17) is 0 Å². The molecule has 0 atom stereocenters. The number of hydrogen-bond donors (Lipinski definition) is 2. The average Bonchev–Trinajstić information content (AvgIpc) is 3.20. The van der Waals surface area contributed by atoms with E-state index >= 15 is 0 Å². The molecule has 1 fully saturated rings. The van der Waals surface area contributed by atoms with Crippen LogP contribution in [0.3, 0.4) is 0 Å². The van der Waals surface area contributed by atoms with E-state index in [1.807, 2.05) is 31.3 Å². The van der Waals surface area contributed by atoms with Gasteiger partial charge in [0.15, 0.2) is 5.96 Å². The largest absolute Gasteiger partial charge is 0.363 e. The number of aromatic nitrogens is 1. The van der Waals surface area contributed by atoms with E-state index in [9.17, 15) is 0 Å². The molecule has 0 amide bonds. The van der Waals surface area contributed by atoms with Gasteiger partial charge in [-0.15, -0.1) is 24.0 Å².